The molecule has 0 saturated carbocycles. The molecular weight excluding hydrogens is 376 g/mol. The molecule has 4 nitrogen and oxygen atoms in total. The monoisotopic (exact) mass is 394 g/mol. The van der Waals surface area contributed by atoms with Crippen molar-refractivity contribution in [3.63, 3.8) is 0 Å². The van der Waals surface area contributed by atoms with Gasteiger partial charge in [0.25, 0.3) is 0 Å². The number of benzene rings is 2. The Balaban J connectivity index is 1.29. The van der Waals surface area contributed by atoms with Crippen LogP contribution in [0.5, 0.6) is 11.5 Å². The summed E-state index contributed by atoms with van der Waals surface area (Å²) in [6.07, 6.45) is 1.04. The van der Waals surface area contributed by atoms with Gasteiger partial charge in [-0.2, -0.15) is 11.8 Å². The summed E-state index contributed by atoms with van der Waals surface area (Å²) in [5, 5.41) is 7.77. The van der Waals surface area contributed by atoms with E-state index in [1.54, 1.807) is 0 Å². The molecule has 0 amide bonds. The average Bonchev–Trinajstić information content (AvgIpc) is 3.07. The van der Waals surface area contributed by atoms with Crippen LogP contribution in [0.4, 0.5) is 5.69 Å². The molecule has 0 spiro atoms. The lowest BCUT2D eigenvalue weighted by molar-refractivity contribution is 0.174. The van der Waals surface area contributed by atoms with Crippen molar-refractivity contribution in [3.05, 3.63) is 53.1 Å². The van der Waals surface area contributed by atoms with Crippen LogP contribution in [0.3, 0.4) is 0 Å². The first-order valence-electron chi connectivity index (χ1n) is 7.97. The van der Waals surface area contributed by atoms with Gasteiger partial charge in [0, 0.05) is 29.1 Å². The van der Waals surface area contributed by atoms with Gasteiger partial charge >= 0.3 is 0 Å². The summed E-state index contributed by atoms with van der Waals surface area (Å²) in [7, 11) is 0. The van der Waals surface area contributed by atoms with Crippen LogP contribution in [0.1, 0.15) is 12.0 Å². The quantitative estimate of drug-likeness (QED) is 0.525. The summed E-state index contributed by atoms with van der Waals surface area (Å²) < 4.78 is 10.6. The van der Waals surface area contributed by atoms with Gasteiger partial charge in [0.2, 0.25) is 6.79 Å². The zero-order valence-electron chi connectivity index (χ0n) is 13.6. The van der Waals surface area contributed by atoms with E-state index < -0.39 is 0 Å². The van der Waals surface area contributed by atoms with Crippen LogP contribution in [-0.4, -0.2) is 24.2 Å². The maximum absolute atomic E-state index is 5.88. The minimum absolute atomic E-state index is 0.273. The van der Waals surface area contributed by atoms with E-state index in [0.717, 1.165) is 46.7 Å². The summed E-state index contributed by atoms with van der Waals surface area (Å²) in [6.45, 7) is 1.11. The third-order valence-corrected chi connectivity index (χ3v) is 5.18. The second-order valence-corrected chi connectivity index (χ2v) is 7.43. The lowest BCUT2D eigenvalue weighted by Gasteiger charge is -2.11. The van der Waals surface area contributed by atoms with Crippen LogP contribution >= 0.6 is 35.6 Å². The van der Waals surface area contributed by atoms with Gasteiger partial charge < -0.3 is 20.1 Å². The Bertz CT molecular complexity index is 726. The number of hydrogen-bond acceptors (Lipinski definition) is 4. The Kier molecular flexibility index (Phi) is 6.67. The predicted molar refractivity (Wildman–Crippen MR) is 109 cm³/mol. The molecule has 0 atom stereocenters. The van der Waals surface area contributed by atoms with Crippen LogP contribution < -0.4 is 20.1 Å². The number of thiocarbonyl (C=S) groups is 1. The van der Waals surface area contributed by atoms with Crippen molar-refractivity contribution in [3.8, 4) is 11.5 Å². The zero-order chi connectivity index (χ0) is 17.5. The molecule has 1 aliphatic heterocycles. The van der Waals surface area contributed by atoms with Crippen LogP contribution in [-0.2, 0) is 5.75 Å². The molecule has 7 heteroatoms. The van der Waals surface area contributed by atoms with E-state index in [-0.39, 0.29) is 6.79 Å². The Morgan fingerprint density at radius 1 is 1.12 bits per heavy atom. The molecule has 2 aromatic carbocycles. The van der Waals surface area contributed by atoms with Gasteiger partial charge in [-0.25, -0.2) is 0 Å². The van der Waals surface area contributed by atoms with E-state index in [1.807, 2.05) is 42.1 Å². The normalized spacial score (nSPS) is 12.0. The molecule has 2 aromatic rings. The fourth-order valence-corrected chi connectivity index (χ4v) is 3.56. The number of fused-ring (bicyclic) bond motifs is 1. The summed E-state index contributed by atoms with van der Waals surface area (Å²) in [5.41, 5.74) is 2.18. The van der Waals surface area contributed by atoms with E-state index in [4.69, 9.17) is 33.3 Å². The summed E-state index contributed by atoms with van der Waals surface area (Å²) in [5.74, 6) is 3.58. The van der Waals surface area contributed by atoms with Crippen LogP contribution in [0, 0.1) is 0 Å². The van der Waals surface area contributed by atoms with Crippen molar-refractivity contribution >= 4 is 46.4 Å². The van der Waals surface area contributed by atoms with Crippen molar-refractivity contribution in [1.29, 1.82) is 0 Å². The first-order chi connectivity index (χ1) is 12.2. The summed E-state index contributed by atoms with van der Waals surface area (Å²) in [6, 6.07) is 13.7. The topological polar surface area (TPSA) is 42.5 Å². The highest BCUT2D eigenvalue weighted by Gasteiger charge is 2.13. The van der Waals surface area contributed by atoms with Crippen molar-refractivity contribution in [1.82, 2.24) is 5.32 Å². The maximum atomic E-state index is 5.88. The number of thioether (sulfide) groups is 1. The van der Waals surface area contributed by atoms with Crippen molar-refractivity contribution in [2.75, 3.05) is 24.4 Å². The lowest BCUT2D eigenvalue weighted by atomic mass is 10.2. The lowest BCUT2D eigenvalue weighted by Crippen LogP contribution is -2.29. The number of hydrogen-bond donors (Lipinski definition) is 2. The predicted octanol–water partition coefficient (Wildman–Crippen LogP) is 4.68. The summed E-state index contributed by atoms with van der Waals surface area (Å²) in [4.78, 5) is 0. The van der Waals surface area contributed by atoms with Crippen LogP contribution in [0.2, 0.25) is 5.02 Å². The Hall–Kier alpha value is -1.63. The summed E-state index contributed by atoms with van der Waals surface area (Å²) >= 11 is 13.1. The van der Waals surface area contributed by atoms with E-state index in [1.165, 1.54) is 5.56 Å². The molecule has 1 aliphatic rings. The highest BCUT2D eigenvalue weighted by Crippen LogP contribution is 2.34. The average molecular weight is 395 g/mol. The molecule has 0 radical (unpaired) electrons. The highest BCUT2D eigenvalue weighted by molar-refractivity contribution is 7.98. The first kappa shape index (κ1) is 18.2. The van der Waals surface area contributed by atoms with Gasteiger partial charge in [-0.3, -0.25) is 0 Å². The number of nitrogens with one attached hydrogen (secondary N) is 2. The van der Waals surface area contributed by atoms with Crippen LogP contribution in [0.15, 0.2) is 42.5 Å². The Morgan fingerprint density at radius 3 is 2.76 bits per heavy atom. The second-order valence-electron chi connectivity index (χ2n) is 5.48. The molecule has 0 bridgehead atoms. The molecule has 3 rings (SSSR count). The SMILES string of the molecule is S=C(NCCCSCc1ccc(Cl)cc1)Nc1ccc2c(c1)OCO2. The van der Waals surface area contributed by atoms with Crippen LogP contribution in [0.25, 0.3) is 0 Å². The molecule has 2 N–H and O–H groups in total. The van der Waals surface area contributed by atoms with Gasteiger partial charge in [0.15, 0.2) is 16.6 Å². The molecule has 0 saturated heterocycles. The molecular formula is C18H19ClN2O2S2. The van der Waals surface area contributed by atoms with E-state index in [9.17, 15) is 0 Å². The van der Waals surface area contributed by atoms with E-state index >= 15 is 0 Å². The minimum Gasteiger partial charge on any atom is -0.454 e. The molecule has 0 unspecified atom stereocenters. The van der Waals surface area contributed by atoms with Crippen molar-refractivity contribution in [2.24, 2.45) is 0 Å². The third kappa shape index (κ3) is 5.70. The van der Waals surface area contributed by atoms with E-state index in [2.05, 4.69) is 22.8 Å². The van der Waals surface area contributed by atoms with Gasteiger partial charge in [-0.1, -0.05) is 23.7 Å². The molecule has 132 valence electrons. The van der Waals surface area contributed by atoms with Crippen molar-refractivity contribution in [2.45, 2.75) is 12.2 Å². The fraction of sp³-hybridized carbons (Fsp3) is 0.278. The van der Waals surface area contributed by atoms with E-state index in [0.29, 0.717) is 5.11 Å². The molecule has 0 aliphatic carbocycles. The standard InChI is InChI=1S/C18H19ClN2O2S2/c19-14-4-2-13(3-5-14)11-25-9-1-8-20-18(24)21-15-6-7-16-17(10-15)23-12-22-16/h2-7,10H,1,8-9,11-12H2,(H2,20,21,24). The molecule has 0 fully saturated rings. The minimum atomic E-state index is 0.273. The molecule has 0 aromatic heterocycles. The highest BCUT2D eigenvalue weighted by atomic mass is 35.5. The van der Waals surface area contributed by atoms with Gasteiger partial charge in [0.05, 0.1) is 0 Å². The number of rotatable bonds is 7. The first-order valence-corrected chi connectivity index (χ1v) is 9.91. The fourth-order valence-electron chi connectivity index (χ4n) is 2.30. The Morgan fingerprint density at radius 2 is 1.92 bits per heavy atom. The smallest absolute Gasteiger partial charge is 0.231 e. The third-order valence-electron chi connectivity index (χ3n) is 3.56. The van der Waals surface area contributed by atoms with Gasteiger partial charge in [0.1, 0.15) is 0 Å². The zero-order valence-corrected chi connectivity index (χ0v) is 16.0. The van der Waals surface area contributed by atoms with Crippen molar-refractivity contribution < 1.29 is 9.47 Å². The maximum Gasteiger partial charge on any atom is 0.231 e. The molecule has 25 heavy (non-hydrogen) atoms. The molecule has 1 heterocycles. The number of ether oxygens (including phenoxy) is 2. The Labute approximate surface area is 162 Å². The van der Waals surface area contributed by atoms with Gasteiger partial charge in [-0.15, -0.1) is 0 Å². The number of halogens is 1. The largest absolute Gasteiger partial charge is 0.454 e. The van der Waals surface area contributed by atoms with Gasteiger partial charge in [-0.05, 0) is 54.2 Å². The number of anilines is 1. The second kappa shape index (κ2) is 9.17.